The van der Waals surface area contributed by atoms with Gasteiger partial charge in [-0.25, -0.2) is 0 Å². The third-order valence-electron chi connectivity index (χ3n) is 12.7. The summed E-state index contributed by atoms with van der Waals surface area (Å²) in [5.41, 5.74) is 13.7. The van der Waals surface area contributed by atoms with E-state index in [0.29, 0.717) is 11.8 Å². The number of hydrogen-bond acceptors (Lipinski definition) is 1. The zero-order valence-corrected chi connectivity index (χ0v) is 33.6. The molecular weight excluding hydrogens is 711 g/mol. The molecule has 59 heavy (non-hydrogen) atoms. The second-order valence-corrected chi connectivity index (χ2v) is 16.6. The summed E-state index contributed by atoms with van der Waals surface area (Å²) in [7, 11) is 0. The van der Waals surface area contributed by atoms with Gasteiger partial charge in [-0.15, -0.1) is 0 Å². The van der Waals surface area contributed by atoms with Crippen LogP contribution in [-0.2, 0) is 6.42 Å². The van der Waals surface area contributed by atoms with Crippen molar-refractivity contribution in [1.82, 2.24) is 0 Å². The van der Waals surface area contributed by atoms with Crippen LogP contribution < -0.4 is 4.90 Å². The molecule has 0 heterocycles. The summed E-state index contributed by atoms with van der Waals surface area (Å²) < 4.78 is 0. The Balaban J connectivity index is 1.16. The summed E-state index contributed by atoms with van der Waals surface area (Å²) in [6.07, 6.45) is 13.9. The molecule has 1 nitrogen and oxygen atoms in total. The molecule has 0 aromatic heterocycles. The first kappa shape index (κ1) is 35.2. The van der Waals surface area contributed by atoms with E-state index in [2.05, 4.69) is 219 Å². The second kappa shape index (κ2) is 14.5. The molecule has 0 radical (unpaired) electrons. The SMILES string of the molecule is CC1C=CC(c2ccccc2N(c2cc3c(c(-c4ccccc4)c2)C=CC(C)C3)c2ccc(-c3ccc4ccc5ccc6ccccc6c5c4c3)c3ccccc23)=CC1. The molecule has 9 aromatic carbocycles. The number of para-hydroxylation sites is 1. The smallest absolute Gasteiger partial charge is 0.0540 e. The van der Waals surface area contributed by atoms with Crippen LogP contribution in [0.4, 0.5) is 17.1 Å². The first-order valence-corrected chi connectivity index (χ1v) is 21.1. The summed E-state index contributed by atoms with van der Waals surface area (Å²) in [5, 5.41) is 10.1. The van der Waals surface area contributed by atoms with Gasteiger partial charge < -0.3 is 4.90 Å². The van der Waals surface area contributed by atoms with Gasteiger partial charge in [0.05, 0.1) is 11.4 Å². The molecule has 0 bridgehead atoms. The zero-order chi connectivity index (χ0) is 39.5. The lowest BCUT2D eigenvalue weighted by Gasteiger charge is -2.32. The molecule has 0 spiro atoms. The average molecular weight is 756 g/mol. The van der Waals surface area contributed by atoms with Crippen molar-refractivity contribution in [3.8, 4) is 22.3 Å². The monoisotopic (exact) mass is 755 g/mol. The van der Waals surface area contributed by atoms with Gasteiger partial charge in [0.25, 0.3) is 0 Å². The lowest BCUT2D eigenvalue weighted by Crippen LogP contribution is -2.15. The fourth-order valence-electron chi connectivity index (χ4n) is 9.69. The number of benzene rings is 9. The van der Waals surface area contributed by atoms with Crippen molar-refractivity contribution >= 4 is 71.8 Å². The van der Waals surface area contributed by atoms with Gasteiger partial charge in [0.1, 0.15) is 0 Å². The highest BCUT2D eigenvalue weighted by molar-refractivity contribution is 6.21. The number of fused-ring (bicyclic) bond motifs is 7. The van der Waals surface area contributed by atoms with Gasteiger partial charge in [-0.05, 0) is 132 Å². The molecule has 2 aliphatic carbocycles. The molecule has 0 fully saturated rings. The Morgan fingerprint density at radius 1 is 0.458 bits per heavy atom. The van der Waals surface area contributed by atoms with E-state index in [1.807, 2.05) is 0 Å². The number of nitrogens with zero attached hydrogens (tertiary/aromatic N) is 1. The van der Waals surface area contributed by atoms with Gasteiger partial charge in [-0.2, -0.15) is 0 Å². The summed E-state index contributed by atoms with van der Waals surface area (Å²) in [4.78, 5) is 2.55. The molecule has 0 N–H and O–H groups in total. The largest absolute Gasteiger partial charge is 0.309 e. The van der Waals surface area contributed by atoms with Crippen LogP contribution in [0.5, 0.6) is 0 Å². The normalized spacial score (nSPS) is 16.1. The molecule has 0 amide bonds. The fourth-order valence-corrected chi connectivity index (χ4v) is 9.69. The Hall–Kier alpha value is -6.96. The van der Waals surface area contributed by atoms with E-state index in [-0.39, 0.29) is 0 Å². The predicted octanol–water partition coefficient (Wildman–Crippen LogP) is 16.3. The molecule has 9 aromatic rings. The minimum Gasteiger partial charge on any atom is -0.309 e. The lowest BCUT2D eigenvalue weighted by atomic mass is 9.85. The molecule has 11 rings (SSSR count). The molecule has 0 saturated heterocycles. The maximum absolute atomic E-state index is 2.55. The van der Waals surface area contributed by atoms with E-state index in [4.69, 9.17) is 0 Å². The first-order chi connectivity index (χ1) is 29.1. The molecular formula is C58H45N. The van der Waals surface area contributed by atoms with Gasteiger partial charge in [-0.3, -0.25) is 0 Å². The highest BCUT2D eigenvalue weighted by Crippen LogP contribution is 2.48. The van der Waals surface area contributed by atoms with E-state index in [1.165, 1.54) is 105 Å². The number of anilines is 3. The minimum absolute atomic E-state index is 0.471. The van der Waals surface area contributed by atoms with Crippen LogP contribution in [0.25, 0.3) is 77.0 Å². The van der Waals surface area contributed by atoms with Crippen LogP contribution in [-0.4, -0.2) is 0 Å². The lowest BCUT2D eigenvalue weighted by molar-refractivity contribution is 0.717. The number of rotatable bonds is 6. The topological polar surface area (TPSA) is 3.24 Å². The zero-order valence-electron chi connectivity index (χ0n) is 33.6. The summed E-state index contributed by atoms with van der Waals surface area (Å²) >= 11 is 0. The molecule has 0 saturated carbocycles. The Kier molecular flexibility index (Phi) is 8.63. The van der Waals surface area contributed by atoms with E-state index >= 15 is 0 Å². The number of allylic oxidation sites excluding steroid dienone is 5. The van der Waals surface area contributed by atoms with Gasteiger partial charge in [0.2, 0.25) is 0 Å². The molecule has 282 valence electrons. The van der Waals surface area contributed by atoms with Gasteiger partial charge in [0.15, 0.2) is 0 Å². The van der Waals surface area contributed by atoms with Crippen molar-refractivity contribution < 1.29 is 0 Å². The van der Waals surface area contributed by atoms with E-state index in [1.54, 1.807) is 0 Å². The van der Waals surface area contributed by atoms with Crippen molar-refractivity contribution in [2.45, 2.75) is 26.7 Å². The highest BCUT2D eigenvalue weighted by atomic mass is 15.1. The van der Waals surface area contributed by atoms with Crippen LogP contribution in [0.2, 0.25) is 0 Å². The predicted molar refractivity (Wildman–Crippen MR) is 255 cm³/mol. The maximum Gasteiger partial charge on any atom is 0.0540 e. The Morgan fingerprint density at radius 3 is 1.98 bits per heavy atom. The van der Waals surface area contributed by atoms with E-state index in [9.17, 15) is 0 Å². The fraction of sp³-hybridized carbons (Fsp3) is 0.103. The summed E-state index contributed by atoms with van der Waals surface area (Å²) in [6.45, 7) is 4.62. The molecule has 0 aliphatic heterocycles. The molecule has 2 aliphatic rings. The van der Waals surface area contributed by atoms with Crippen LogP contribution in [0.15, 0.2) is 194 Å². The third-order valence-corrected chi connectivity index (χ3v) is 12.7. The second-order valence-electron chi connectivity index (χ2n) is 16.6. The third kappa shape index (κ3) is 6.17. The van der Waals surface area contributed by atoms with Crippen LogP contribution in [0, 0.1) is 11.8 Å². The Bertz CT molecular complexity index is 3190. The van der Waals surface area contributed by atoms with Gasteiger partial charge >= 0.3 is 0 Å². The first-order valence-electron chi connectivity index (χ1n) is 21.1. The summed E-state index contributed by atoms with van der Waals surface area (Å²) in [5.74, 6) is 1.01. The van der Waals surface area contributed by atoms with Crippen molar-refractivity contribution in [1.29, 1.82) is 0 Å². The molecule has 2 unspecified atom stereocenters. The van der Waals surface area contributed by atoms with Crippen molar-refractivity contribution in [3.05, 3.63) is 211 Å². The average Bonchev–Trinajstić information content (AvgIpc) is 3.29. The van der Waals surface area contributed by atoms with Crippen LogP contribution in [0.1, 0.15) is 37.0 Å². The van der Waals surface area contributed by atoms with Crippen LogP contribution >= 0.6 is 0 Å². The maximum atomic E-state index is 2.55. The van der Waals surface area contributed by atoms with Crippen LogP contribution in [0.3, 0.4) is 0 Å². The van der Waals surface area contributed by atoms with Crippen molar-refractivity contribution in [3.63, 3.8) is 0 Å². The Morgan fingerprint density at radius 2 is 1.15 bits per heavy atom. The quantitative estimate of drug-likeness (QED) is 0.153. The number of hydrogen-bond donors (Lipinski definition) is 0. The van der Waals surface area contributed by atoms with Crippen molar-refractivity contribution in [2.24, 2.45) is 11.8 Å². The summed E-state index contributed by atoms with van der Waals surface area (Å²) in [6, 6.07) is 63.4. The van der Waals surface area contributed by atoms with E-state index < -0.39 is 0 Å². The van der Waals surface area contributed by atoms with E-state index in [0.717, 1.165) is 12.8 Å². The molecule has 2 atom stereocenters. The Labute approximate surface area is 346 Å². The standard InChI is InChI=1S/C58H45N/c1-38-20-23-42(24-21-38)50-15-10-11-19-56(50)59(47-35-46-34-39(2)22-31-49(46)54(37-47)40-12-4-3-5-13-40)57-33-32-48(52-17-8-9-18-53(52)57)45-30-27-43-26-29-44-28-25-41-14-6-7-16-51(41)58(44)55(43)36-45/h3-20,22-33,35-39H,21,34H2,1-2H3. The highest BCUT2D eigenvalue weighted by Gasteiger charge is 2.25. The van der Waals surface area contributed by atoms with Gasteiger partial charge in [0, 0.05) is 16.6 Å². The van der Waals surface area contributed by atoms with Crippen molar-refractivity contribution in [2.75, 3.05) is 4.90 Å². The minimum atomic E-state index is 0.471. The molecule has 1 heteroatoms. The van der Waals surface area contributed by atoms with Gasteiger partial charge in [-0.1, -0.05) is 184 Å².